The molecule has 2 aromatic heterocycles. The smallest absolute Gasteiger partial charge is 0.315 e. The summed E-state index contributed by atoms with van der Waals surface area (Å²) < 4.78 is 1.94. The second-order valence-corrected chi connectivity index (χ2v) is 7.36. The summed E-state index contributed by atoms with van der Waals surface area (Å²) in [5.41, 5.74) is 4.71. The van der Waals surface area contributed by atoms with Crippen molar-refractivity contribution in [1.82, 2.24) is 25.4 Å². The number of hydrogen-bond donors (Lipinski definition) is 2. The van der Waals surface area contributed by atoms with Crippen molar-refractivity contribution in [3.05, 3.63) is 34.0 Å². The third kappa shape index (κ3) is 4.79. The lowest BCUT2D eigenvalue weighted by Crippen LogP contribution is -2.38. The summed E-state index contributed by atoms with van der Waals surface area (Å²) in [7, 11) is 0. The minimum Gasteiger partial charge on any atom is -0.338 e. The molecule has 0 aliphatic rings. The van der Waals surface area contributed by atoms with E-state index in [1.54, 1.807) is 16.8 Å². The summed E-state index contributed by atoms with van der Waals surface area (Å²) in [4.78, 5) is 16.2. The molecule has 2 aromatic rings. The van der Waals surface area contributed by atoms with Crippen molar-refractivity contribution in [2.24, 2.45) is 0 Å². The Balaban J connectivity index is 1.87. The molecule has 2 N–H and O–H groups in total. The maximum Gasteiger partial charge on any atom is 0.315 e. The molecule has 126 valence electrons. The van der Waals surface area contributed by atoms with Gasteiger partial charge < -0.3 is 10.6 Å². The van der Waals surface area contributed by atoms with Crippen molar-refractivity contribution in [2.45, 2.75) is 52.6 Å². The van der Waals surface area contributed by atoms with Gasteiger partial charge in [-0.15, -0.1) is 11.3 Å². The van der Waals surface area contributed by atoms with Crippen molar-refractivity contribution < 1.29 is 4.79 Å². The van der Waals surface area contributed by atoms with Gasteiger partial charge in [0.05, 0.1) is 28.5 Å². The van der Waals surface area contributed by atoms with Crippen molar-refractivity contribution >= 4 is 17.4 Å². The minimum absolute atomic E-state index is 0.0709. The second-order valence-electron chi connectivity index (χ2n) is 6.64. The number of rotatable bonds is 5. The van der Waals surface area contributed by atoms with Crippen molar-refractivity contribution in [1.29, 1.82) is 0 Å². The van der Waals surface area contributed by atoms with Gasteiger partial charge in [-0.2, -0.15) is 5.10 Å². The number of thiazole rings is 1. The van der Waals surface area contributed by atoms with E-state index in [-0.39, 0.29) is 17.6 Å². The van der Waals surface area contributed by atoms with Crippen LogP contribution in [0.2, 0.25) is 0 Å². The Hall–Kier alpha value is -1.89. The van der Waals surface area contributed by atoms with Crippen LogP contribution in [0, 0.1) is 6.92 Å². The molecule has 0 saturated carbocycles. The third-order valence-corrected chi connectivity index (χ3v) is 4.22. The predicted octanol–water partition coefficient (Wildman–Crippen LogP) is 3.01. The Morgan fingerprint density at radius 1 is 1.43 bits per heavy atom. The van der Waals surface area contributed by atoms with Crippen LogP contribution in [0.1, 0.15) is 50.7 Å². The first-order valence-electron chi connectivity index (χ1n) is 7.75. The molecule has 0 spiro atoms. The van der Waals surface area contributed by atoms with Gasteiger partial charge in [-0.25, -0.2) is 9.78 Å². The van der Waals surface area contributed by atoms with E-state index in [2.05, 4.69) is 41.5 Å². The van der Waals surface area contributed by atoms with Crippen molar-refractivity contribution in [3.63, 3.8) is 0 Å². The molecule has 0 aromatic carbocycles. The molecule has 0 bridgehead atoms. The zero-order valence-corrected chi connectivity index (χ0v) is 15.2. The van der Waals surface area contributed by atoms with Crippen LogP contribution in [0.25, 0.3) is 0 Å². The lowest BCUT2D eigenvalue weighted by Gasteiger charge is -2.19. The van der Waals surface area contributed by atoms with Crippen molar-refractivity contribution in [2.75, 3.05) is 6.54 Å². The number of urea groups is 1. The van der Waals surface area contributed by atoms with E-state index in [0.29, 0.717) is 6.54 Å². The van der Waals surface area contributed by atoms with Crippen LogP contribution in [0.3, 0.4) is 0 Å². The van der Waals surface area contributed by atoms with E-state index >= 15 is 0 Å². The van der Waals surface area contributed by atoms with Crippen LogP contribution >= 0.6 is 11.3 Å². The van der Waals surface area contributed by atoms with Gasteiger partial charge in [-0.1, -0.05) is 0 Å². The maximum absolute atomic E-state index is 12.0. The highest BCUT2D eigenvalue weighted by Gasteiger charge is 2.20. The fraction of sp³-hybridized carbons (Fsp3) is 0.562. The van der Waals surface area contributed by atoms with Crippen LogP contribution in [0.5, 0.6) is 0 Å². The number of hydrogen-bond acceptors (Lipinski definition) is 4. The standard InChI is InChI=1S/C16H25N5OS/c1-11(14-8-21(16(3,4)5)20-12(14)2)19-15(22)17-7-6-13-9-23-10-18-13/h8-11H,6-7H2,1-5H3,(H2,17,19,22)/t11-/m1/s1. The average Bonchev–Trinajstić information content (AvgIpc) is 3.07. The Labute approximate surface area is 141 Å². The topological polar surface area (TPSA) is 71.8 Å². The summed E-state index contributed by atoms with van der Waals surface area (Å²) >= 11 is 1.56. The van der Waals surface area contributed by atoms with Crippen LogP contribution in [-0.2, 0) is 12.0 Å². The summed E-state index contributed by atoms with van der Waals surface area (Å²) in [6, 6.07) is -0.263. The van der Waals surface area contributed by atoms with E-state index in [1.165, 1.54) is 0 Å². The molecule has 2 rings (SSSR count). The molecule has 1 atom stereocenters. The lowest BCUT2D eigenvalue weighted by atomic mass is 10.1. The fourth-order valence-corrected chi connectivity index (χ4v) is 2.83. The molecule has 0 aliphatic heterocycles. The summed E-state index contributed by atoms with van der Waals surface area (Å²) in [6.07, 6.45) is 2.75. The Bertz CT molecular complexity index is 642. The number of amides is 2. The molecule has 0 aliphatic carbocycles. The summed E-state index contributed by atoms with van der Waals surface area (Å²) in [5.74, 6) is 0. The molecule has 2 heterocycles. The first kappa shape index (κ1) is 17.5. The highest BCUT2D eigenvalue weighted by molar-refractivity contribution is 7.07. The summed E-state index contributed by atoms with van der Waals surface area (Å²) in [5, 5.41) is 12.4. The van der Waals surface area contributed by atoms with Crippen LogP contribution < -0.4 is 10.6 Å². The second kappa shape index (κ2) is 7.12. The molecular weight excluding hydrogens is 310 g/mol. The largest absolute Gasteiger partial charge is 0.338 e. The molecule has 0 unspecified atom stereocenters. The molecule has 2 amide bonds. The van der Waals surface area contributed by atoms with E-state index in [9.17, 15) is 4.79 Å². The Morgan fingerprint density at radius 3 is 2.74 bits per heavy atom. The van der Waals surface area contributed by atoms with Gasteiger partial charge in [0.25, 0.3) is 0 Å². The lowest BCUT2D eigenvalue weighted by molar-refractivity contribution is 0.238. The van der Waals surface area contributed by atoms with Gasteiger partial charge >= 0.3 is 6.03 Å². The first-order valence-corrected chi connectivity index (χ1v) is 8.69. The summed E-state index contributed by atoms with van der Waals surface area (Å²) in [6.45, 7) is 10.8. The SMILES string of the molecule is Cc1nn(C(C)(C)C)cc1[C@@H](C)NC(=O)NCCc1cscn1. The van der Waals surface area contributed by atoms with Gasteiger partial charge in [0, 0.05) is 30.1 Å². The molecule has 6 nitrogen and oxygen atoms in total. The quantitative estimate of drug-likeness (QED) is 0.882. The molecule has 0 radical (unpaired) electrons. The number of carbonyl (C=O) groups excluding carboxylic acids is 1. The van der Waals surface area contributed by atoms with E-state index in [0.717, 1.165) is 23.4 Å². The Morgan fingerprint density at radius 2 is 2.17 bits per heavy atom. The van der Waals surface area contributed by atoms with E-state index < -0.39 is 0 Å². The number of aromatic nitrogens is 3. The van der Waals surface area contributed by atoms with Gasteiger partial charge in [0.1, 0.15) is 0 Å². The van der Waals surface area contributed by atoms with E-state index in [1.807, 2.05) is 30.1 Å². The molecule has 0 fully saturated rings. The van der Waals surface area contributed by atoms with Gasteiger partial charge in [-0.05, 0) is 34.6 Å². The predicted molar refractivity (Wildman–Crippen MR) is 92.7 cm³/mol. The zero-order valence-electron chi connectivity index (χ0n) is 14.4. The fourth-order valence-electron chi connectivity index (χ4n) is 2.23. The third-order valence-electron chi connectivity index (χ3n) is 3.59. The van der Waals surface area contributed by atoms with Gasteiger partial charge in [-0.3, -0.25) is 4.68 Å². The van der Waals surface area contributed by atoms with Crippen LogP contribution in [0.15, 0.2) is 17.1 Å². The van der Waals surface area contributed by atoms with Crippen LogP contribution in [-0.4, -0.2) is 27.3 Å². The number of aryl methyl sites for hydroxylation is 1. The number of nitrogens with zero attached hydrogens (tertiary/aromatic N) is 3. The van der Waals surface area contributed by atoms with Crippen molar-refractivity contribution in [3.8, 4) is 0 Å². The number of nitrogens with one attached hydrogen (secondary N) is 2. The number of carbonyl (C=O) groups is 1. The normalized spacial score (nSPS) is 12.9. The molecule has 0 saturated heterocycles. The first-order chi connectivity index (χ1) is 10.8. The van der Waals surface area contributed by atoms with E-state index in [4.69, 9.17) is 0 Å². The molecule has 23 heavy (non-hydrogen) atoms. The average molecular weight is 335 g/mol. The molecule has 7 heteroatoms. The highest BCUT2D eigenvalue weighted by Crippen LogP contribution is 2.20. The zero-order chi connectivity index (χ0) is 17.0. The highest BCUT2D eigenvalue weighted by atomic mass is 32.1. The van der Waals surface area contributed by atoms with Gasteiger partial charge in [0.2, 0.25) is 0 Å². The minimum atomic E-state index is -0.171. The molecular formula is C16H25N5OS. The van der Waals surface area contributed by atoms with Crippen LogP contribution in [0.4, 0.5) is 4.79 Å². The monoisotopic (exact) mass is 335 g/mol. The Kier molecular flexibility index (Phi) is 5.41. The van der Waals surface area contributed by atoms with Gasteiger partial charge in [0.15, 0.2) is 0 Å². The maximum atomic E-state index is 12.0.